The zero-order chi connectivity index (χ0) is 20.5. The molecule has 2 aliphatic rings. The smallest absolute Gasteiger partial charge is 0.274 e. The predicted molar refractivity (Wildman–Crippen MR) is 117 cm³/mol. The van der Waals surface area contributed by atoms with Crippen LogP contribution in [0.3, 0.4) is 0 Å². The second kappa shape index (κ2) is 8.35. The number of piperidine rings is 1. The van der Waals surface area contributed by atoms with Crippen LogP contribution in [-0.4, -0.2) is 64.4 Å². The van der Waals surface area contributed by atoms with E-state index in [2.05, 4.69) is 14.2 Å². The van der Waals surface area contributed by atoms with Crippen molar-refractivity contribution in [3.05, 3.63) is 53.0 Å². The number of amides is 1. The molecular weight excluding hydrogens is 401 g/mol. The largest absolute Gasteiger partial charge is 0.367 e. The van der Waals surface area contributed by atoms with Gasteiger partial charge in [-0.15, -0.1) is 11.3 Å². The molecule has 0 spiro atoms. The number of para-hydroxylation sites is 1. The maximum absolute atomic E-state index is 14.1. The third-order valence-electron chi connectivity index (χ3n) is 6.15. The number of imidazole rings is 1. The molecule has 0 N–H and O–H groups in total. The van der Waals surface area contributed by atoms with E-state index in [1.54, 1.807) is 17.4 Å². The Balaban J connectivity index is 1.32. The number of carbonyl (C=O) groups is 1. The molecule has 3 aromatic rings. The van der Waals surface area contributed by atoms with Gasteiger partial charge in [-0.1, -0.05) is 12.1 Å². The molecule has 0 unspecified atom stereocenters. The van der Waals surface area contributed by atoms with E-state index in [4.69, 9.17) is 4.98 Å². The lowest BCUT2D eigenvalue weighted by atomic mass is 10.1. The van der Waals surface area contributed by atoms with E-state index >= 15 is 0 Å². The van der Waals surface area contributed by atoms with Gasteiger partial charge in [0.1, 0.15) is 5.82 Å². The minimum absolute atomic E-state index is 0.0607. The molecule has 2 fully saturated rings. The Hall–Kier alpha value is -2.45. The molecule has 158 valence electrons. The summed E-state index contributed by atoms with van der Waals surface area (Å²) >= 11 is 1.56. The van der Waals surface area contributed by atoms with Crippen LogP contribution in [0, 0.1) is 5.82 Å². The normalized spacial score (nSPS) is 18.3. The van der Waals surface area contributed by atoms with E-state index in [0.29, 0.717) is 17.9 Å². The first-order valence-electron chi connectivity index (χ1n) is 10.7. The summed E-state index contributed by atoms with van der Waals surface area (Å²) in [6.45, 7) is 5.50. The number of benzene rings is 1. The van der Waals surface area contributed by atoms with Crippen LogP contribution < -0.4 is 4.90 Å². The lowest BCUT2D eigenvalue weighted by Gasteiger charge is -2.36. The van der Waals surface area contributed by atoms with Crippen molar-refractivity contribution in [1.29, 1.82) is 0 Å². The molecule has 0 bridgehead atoms. The van der Waals surface area contributed by atoms with Crippen molar-refractivity contribution in [3.8, 4) is 0 Å². The van der Waals surface area contributed by atoms with Crippen molar-refractivity contribution in [2.24, 2.45) is 0 Å². The molecule has 0 radical (unpaired) electrons. The highest BCUT2D eigenvalue weighted by molar-refractivity contribution is 7.15. The Morgan fingerprint density at radius 3 is 2.57 bits per heavy atom. The number of nitrogens with zero attached hydrogens (tertiary/aromatic N) is 5. The number of anilines is 1. The molecule has 5 rings (SSSR count). The average Bonchev–Trinajstić information content (AvgIpc) is 3.37. The molecule has 1 amide bonds. The SMILES string of the molecule is O=C(c1nc2sccn2c1CN1CCN(c2ccccc2F)CC1)N1CCCCC1. The van der Waals surface area contributed by atoms with Crippen LogP contribution in [0.1, 0.15) is 35.4 Å². The van der Waals surface area contributed by atoms with E-state index < -0.39 is 0 Å². The van der Waals surface area contributed by atoms with Gasteiger partial charge in [-0.2, -0.15) is 0 Å². The summed E-state index contributed by atoms with van der Waals surface area (Å²) in [6.07, 6.45) is 5.34. The molecule has 4 heterocycles. The summed E-state index contributed by atoms with van der Waals surface area (Å²) in [7, 11) is 0. The van der Waals surface area contributed by atoms with Crippen LogP contribution in [0.4, 0.5) is 10.1 Å². The van der Waals surface area contributed by atoms with E-state index in [0.717, 1.165) is 62.8 Å². The first-order valence-corrected chi connectivity index (χ1v) is 11.5. The van der Waals surface area contributed by atoms with E-state index in [9.17, 15) is 9.18 Å². The van der Waals surface area contributed by atoms with E-state index in [1.165, 1.54) is 12.5 Å². The quantitative estimate of drug-likeness (QED) is 0.640. The maximum Gasteiger partial charge on any atom is 0.274 e. The first kappa shape index (κ1) is 19.5. The minimum Gasteiger partial charge on any atom is -0.367 e. The molecule has 0 atom stereocenters. The molecule has 2 aliphatic heterocycles. The van der Waals surface area contributed by atoms with Crippen LogP contribution in [0.15, 0.2) is 35.8 Å². The van der Waals surface area contributed by atoms with Crippen LogP contribution in [0.25, 0.3) is 4.96 Å². The molecule has 2 aromatic heterocycles. The molecule has 30 heavy (non-hydrogen) atoms. The van der Waals surface area contributed by atoms with E-state index in [-0.39, 0.29) is 11.7 Å². The van der Waals surface area contributed by atoms with Crippen molar-refractivity contribution in [2.75, 3.05) is 44.2 Å². The van der Waals surface area contributed by atoms with Gasteiger partial charge in [-0.25, -0.2) is 9.37 Å². The van der Waals surface area contributed by atoms with Gasteiger partial charge >= 0.3 is 0 Å². The van der Waals surface area contributed by atoms with Crippen LogP contribution in [-0.2, 0) is 6.54 Å². The number of fused-ring (bicyclic) bond motifs is 1. The Morgan fingerprint density at radius 2 is 1.80 bits per heavy atom. The molecule has 8 heteroatoms. The third-order valence-corrected chi connectivity index (χ3v) is 6.90. The first-order chi connectivity index (χ1) is 14.7. The number of rotatable bonds is 4. The standard InChI is InChI=1S/C22H26FN5OS/c23-17-6-2-3-7-18(17)26-12-10-25(11-13-26)16-19-20(24-22-28(19)14-15-30-22)21(29)27-8-4-1-5-9-27/h2-3,6-7,14-15H,1,4-5,8-13,16H2. The number of hydrogen-bond donors (Lipinski definition) is 0. The van der Waals surface area contributed by atoms with Crippen molar-refractivity contribution < 1.29 is 9.18 Å². The summed E-state index contributed by atoms with van der Waals surface area (Å²) < 4.78 is 16.2. The Bertz CT molecular complexity index is 1030. The van der Waals surface area contributed by atoms with Gasteiger partial charge in [0.15, 0.2) is 10.7 Å². The highest BCUT2D eigenvalue weighted by atomic mass is 32.1. The maximum atomic E-state index is 14.1. The highest BCUT2D eigenvalue weighted by Gasteiger charge is 2.28. The highest BCUT2D eigenvalue weighted by Crippen LogP contribution is 2.24. The van der Waals surface area contributed by atoms with Gasteiger partial charge < -0.3 is 9.80 Å². The predicted octanol–water partition coefficient (Wildman–Crippen LogP) is 3.48. The summed E-state index contributed by atoms with van der Waals surface area (Å²) in [5, 5.41) is 2.01. The lowest BCUT2D eigenvalue weighted by molar-refractivity contribution is 0.0716. The molecular formula is C22H26FN5OS. The number of carbonyl (C=O) groups excluding carboxylic acids is 1. The Labute approximate surface area is 179 Å². The van der Waals surface area contributed by atoms with Gasteiger partial charge in [0.05, 0.1) is 11.4 Å². The topological polar surface area (TPSA) is 44.1 Å². The fourth-order valence-electron chi connectivity index (χ4n) is 4.47. The van der Waals surface area contributed by atoms with Gasteiger partial charge in [0.25, 0.3) is 5.91 Å². The van der Waals surface area contributed by atoms with Gasteiger partial charge in [-0.05, 0) is 31.4 Å². The summed E-state index contributed by atoms with van der Waals surface area (Å²) in [6, 6.07) is 6.95. The van der Waals surface area contributed by atoms with Crippen molar-refractivity contribution in [2.45, 2.75) is 25.8 Å². The van der Waals surface area contributed by atoms with Crippen LogP contribution in [0.2, 0.25) is 0 Å². The zero-order valence-electron chi connectivity index (χ0n) is 17.0. The second-order valence-electron chi connectivity index (χ2n) is 8.03. The Kier molecular flexibility index (Phi) is 5.43. The molecule has 0 aliphatic carbocycles. The fraction of sp³-hybridized carbons (Fsp3) is 0.455. The summed E-state index contributed by atoms with van der Waals surface area (Å²) in [4.78, 5) is 25.1. The van der Waals surface area contributed by atoms with Crippen LogP contribution in [0.5, 0.6) is 0 Å². The number of halogens is 1. The fourth-order valence-corrected chi connectivity index (χ4v) is 5.20. The van der Waals surface area contributed by atoms with Crippen molar-refractivity contribution >= 4 is 27.9 Å². The van der Waals surface area contributed by atoms with Gasteiger partial charge in [0.2, 0.25) is 0 Å². The average molecular weight is 428 g/mol. The molecule has 0 saturated carbocycles. The monoisotopic (exact) mass is 427 g/mol. The summed E-state index contributed by atoms with van der Waals surface area (Å²) in [5.74, 6) is -0.110. The Morgan fingerprint density at radius 1 is 1.03 bits per heavy atom. The second-order valence-corrected chi connectivity index (χ2v) is 8.90. The van der Waals surface area contributed by atoms with Crippen LogP contribution >= 0.6 is 11.3 Å². The number of thiazole rings is 1. The number of aromatic nitrogens is 2. The lowest BCUT2D eigenvalue weighted by Crippen LogP contribution is -2.46. The molecule has 6 nitrogen and oxygen atoms in total. The van der Waals surface area contributed by atoms with E-state index in [1.807, 2.05) is 28.6 Å². The zero-order valence-corrected chi connectivity index (χ0v) is 17.8. The minimum atomic E-state index is -0.170. The summed E-state index contributed by atoms with van der Waals surface area (Å²) in [5.41, 5.74) is 2.24. The van der Waals surface area contributed by atoms with Crippen molar-refractivity contribution in [1.82, 2.24) is 19.2 Å². The number of hydrogen-bond acceptors (Lipinski definition) is 5. The molecule has 1 aromatic carbocycles. The van der Waals surface area contributed by atoms with Gasteiger partial charge in [-0.3, -0.25) is 14.1 Å². The molecule has 2 saturated heterocycles. The van der Waals surface area contributed by atoms with Gasteiger partial charge in [0, 0.05) is 57.4 Å². The number of piperazine rings is 1. The number of likely N-dealkylation sites (tertiary alicyclic amines) is 1. The van der Waals surface area contributed by atoms with Crippen molar-refractivity contribution in [3.63, 3.8) is 0 Å². The third kappa shape index (κ3) is 3.70.